The van der Waals surface area contributed by atoms with Crippen molar-refractivity contribution in [1.82, 2.24) is 14.5 Å². The van der Waals surface area contributed by atoms with E-state index < -0.39 is 0 Å². The lowest BCUT2D eigenvalue weighted by Gasteiger charge is -2.30. The number of hydrogen-bond acceptors (Lipinski definition) is 6. The van der Waals surface area contributed by atoms with Gasteiger partial charge in [0.05, 0.1) is 36.4 Å². The number of aromatic nitrogens is 2. The number of hydrogen-bond donors (Lipinski definition) is 0. The van der Waals surface area contributed by atoms with Gasteiger partial charge in [-0.2, -0.15) is 0 Å². The SMILES string of the molecule is CCOc1ccc(-n2c(SCC(=O)N3CCC(C(=O)OC)CC3)nc3ccccc32)cc1. The predicted molar refractivity (Wildman–Crippen MR) is 124 cm³/mol. The number of rotatable bonds is 7. The van der Waals surface area contributed by atoms with Gasteiger partial charge in [0.15, 0.2) is 5.16 Å². The van der Waals surface area contributed by atoms with E-state index in [0.717, 1.165) is 27.6 Å². The normalized spacial score (nSPS) is 14.5. The average Bonchev–Trinajstić information content (AvgIpc) is 3.21. The van der Waals surface area contributed by atoms with Crippen molar-refractivity contribution in [3.63, 3.8) is 0 Å². The fourth-order valence-electron chi connectivity index (χ4n) is 3.96. The van der Waals surface area contributed by atoms with Crippen molar-refractivity contribution in [3.05, 3.63) is 48.5 Å². The number of thioether (sulfide) groups is 1. The molecule has 0 N–H and O–H groups in total. The highest BCUT2D eigenvalue weighted by Gasteiger charge is 2.28. The third-order valence-corrected chi connectivity index (χ3v) is 6.57. The molecule has 1 saturated heterocycles. The number of fused-ring (bicyclic) bond motifs is 1. The second-order valence-electron chi connectivity index (χ2n) is 7.61. The number of benzene rings is 2. The number of esters is 1. The number of nitrogens with zero attached hydrogens (tertiary/aromatic N) is 3. The van der Waals surface area contributed by atoms with Gasteiger partial charge in [0.1, 0.15) is 5.75 Å². The smallest absolute Gasteiger partial charge is 0.308 e. The summed E-state index contributed by atoms with van der Waals surface area (Å²) in [6.07, 6.45) is 1.29. The van der Waals surface area contributed by atoms with Crippen molar-refractivity contribution in [3.8, 4) is 11.4 Å². The Morgan fingerprint density at radius 2 is 1.81 bits per heavy atom. The second-order valence-corrected chi connectivity index (χ2v) is 8.55. The number of ether oxygens (including phenoxy) is 2. The number of para-hydroxylation sites is 2. The first-order valence-electron chi connectivity index (χ1n) is 10.8. The highest BCUT2D eigenvalue weighted by molar-refractivity contribution is 7.99. The van der Waals surface area contributed by atoms with Crippen LogP contribution in [0.15, 0.2) is 53.7 Å². The number of piperidine rings is 1. The van der Waals surface area contributed by atoms with Crippen LogP contribution in [0, 0.1) is 5.92 Å². The lowest BCUT2D eigenvalue weighted by molar-refractivity contribution is -0.148. The molecule has 0 aliphatic carbocycles. The zero-order valence-corrected chi connectivity index (χ0v) is 19.1. The number of carbonyl (C=O) groups excluding carboxylic acids is 2. The van der Waals surface area contributed by atoms with E-state index in [1.54, 1.807) is 0 Å². The molecule has 1 amide bonds. The van der Waals surface area contributed by atoms with Crippen molar-refractivity contribution < 1.29 is 19.1 Å². The van der Waals surface area contributed by atoms with Crippen molar-refractivity contribution in [2.45, 2.75) is 24.9 Å². The molecule has 0 saturated carbocycles. The summed E-state index contributed by atoms with van der Waals surface area (Å²) in [6, 6.07) is 15.8. The monoisotopic (exact) mass is 453 g/mol. The van der Waals surface area contributed by atoms with Crippen molar-refractivity contribution in [2.75, 3.05) is 32.6 Å². The summed E-state index contributed by atoms with van der Waals surface area (Å²) in [5, 5.41) is 0.771. The molecule has 2 heterocycles. The minimum absolute atomic E-state index is 0.0589. The van der Waals surface area contributed by atoms with Gasteiger partial charge < -0.3 is 14.4 Å². The summed E-state index contributed by atoms with van der Waals surface area (Å²) < 4.78 is 12.5. The van der Waals surface area contributed by atoms with Gasteiger partial charge in [-0.1, -0.05) is 23.9 Å². The number of methoxy groups -OCH3 is 1. The zero-order chi connectivity index (χ0) is 22.5. The fourth-order valence-corrected chi connectivity index (χ4v) is 4.89. The van der Waals surface area contributed by atoms with Crippen molar-refractivity contribution in [1.29, 1.82) is 0 Å². The Morgan fingerprint density at radius 1 is 1.09 bits per heavy atom. The van der Waals surface area contributed by atoms with Crippen LogP contribution in [0.2, 0.25) is 0 Å². The van der Waals surface area contributed by atoms with Crippen LogP contribution in [0.25, 0.3) is 16.7 Å². The molecule has 0 spiro atoms. The lowest BCUT2D eigenvalue weighted by atomic mass is 9.97. The second kappa shape index (κ2) is 10.1. The summed E-state index contributed by atoms with van der Waals surface area (Å²) >= 11 is 1.43. The molecule has 7 nitrogen and oxygen atoms in total. The first-order valence-corrected chi connectivity index (χ1v) is 11.8. The highest BCUT2D eigenvalue weighted by atomic mass is 32.2. The summed E-state index contributed by atoms with van der Waals surface area (Å²) in [5.74, 6) is 0.878. The molecule has 0 radical (unpaired) electrons. The molecule has 0 unspecified atom stereocenters. The van der Waals surface area contributed by atoms with E-state index in [0.29, 0.717) is 38.3 Å². The summed E-state index contributed by atoms with van der Waals surface area (Å²) in [6.45, 7) is 3.73. The Balaban J connectivity index is 1.49. The molecule has 0 bridgehead atoms. The number of amides is 1. The average molecular weight is 454 g/mol. The minimum atomic E-state index is -0.185. The Kier molecular flexibility index (Phi) is 6.99. The van der Waals surface area contributed by atoms with Gasteiger partial charge in [-0.05, 0) is 56.2 Å². The lowest BCUT2D eigenvalue weighted by Crippen LogP contribution is -2.41. The third kappa shape index (κ3) is 4.75. The predicted octanol–water partition coefficient (Wildman–Crippen LogP) is 3.93. The van der Waals surface area contributed by atoms with Crippen LogP contribution < -0.4 is 4.74 Å². The first-order chi connectivity index (χ1) is 15.6. The number of likely N-dealkylation sites (tertiary alicyclic amines) is 1. The fraction of sp³-hybridized carbons (Fsp3) is 0.375. The number of imidazole rings is 1. The van der Waals surface area contributed by atoms with Gasteiger partial charge in [-0.15, -0.1) is 0 Å². The molecule has 168 valence electrons. The van der Waals surface area contributed by atoms with Crippen LogP contribution in [0.4, 0.5) is 0 Å². The topological polar surface area (TPSA) is 73.7 Å². The largest absolute Gasteiger partial charge is 0.494 e. The molecule has 3 aromatic rings. The molecule has 1 aliphatic heterocycles. The number of carbonyl (C=O) groups is 2. The van der Waals surface area contributed by atoms with E-state index in [2.05, 4.69) is 4.57 Å². The zero-order valence-electron chi connectivity index (χ0n) is 18.3. The van der Waals surface area contributed by atoms with Gasteiger partial charge in [-0.25, -0.2) is 4.98 Å². The van der Waals surface area contributed by atoms with Gasteiger partial charge in [0.2, 0.25) is 5.91 Å². The van der Waals surface area contributed by atoms with Gasteiger partial charge >= 0.3 is 5.97 Å². The Hall–Kier alpha value is -3.00. The molecular formula is C24H27N3O4S. The molecule has 8 heteroatoms. The maximum atomic E-state index is 12.8. The van der Waals surface area contributed by atoms with Crippen LogP contribution in [0.5, 0.6) is 5.75 Å². The Bertz CT molecular complexity index is 1090. The van der Waals surface area contributed by atoms with E-state index in [-0.39, 0.29) is 17.8 Å². The Morgan fingerprint density at radius 3 is 2.50 bits per heavy atom. The molecule has 2 aromatic carbocycles. The third-order valence-electron chi connectivity index (χ3n) is 5.64. The quantitative estimate of drug-likeness (QED) is 0.399. The summed E-state index contributed by atoms with van der Waals surface area (Å²) in [5.41, 5.74) is 2.84. The molecular weight excluding hydrogens is 426 g/mol. The summed E-state index contributed by atoms with van der Waals surface area (Å²) in [7, 11) is 1.41. The molecule has 1 aliphatic rings. The molecule has 32 heavy (non-hydrogen) atoms. The maximum Gasteiger partial charge on any atom is 0.308 e. The van der Waals surface area contributed by atoms with Crippen LogP contribution in [0.1, 0.15) is 19.8 Å². The molecule has 4 rings (SSSR count). The first kappa shape index (κ1) is 22.2. The van der Waals surface area contributed by atoms with E-state index in [4.69, 9.17) is 14.5 Å². The van der Waals surface area contributed by atoms with E-state index >= 15 is 0 Å². The van der Waals surface area contributed by atoms with Gasteiger partial charge in [0.25, 0.3) is 0 Å². The highest BCUT2D eigenvalue weighted by Crippen LogP contribution is 2.29. The minimum Gasteiger partial charge on any atom is -0.494 e. The maximum absolute atomic E-state index is 12.8. The summed E-state index contributed by atoms with van der Waals surface area (Å²) in [4.78, 5) is 31.2. The molecule has 0 atom stereocenters. The van der Waals surface area contributed by atoms with Crippen molar-refractivity contribution >= 4 is 34.7 Å². The molecule has 1 fully saturated rings. The van der Waals surface area contributed by atoms with Crippen LogP contribution in [-0.4, -0.2) is 58.9 Å². The standard InChI is InChI=1S/C24H27N3O4S/c1-3-31-19-10-8-18(9-11-19)27-21-7-5-4-6-20(21)25-24(27)32-16-22(28)26-14-12-17(13-15-26)23(29)30-2/h4-11,17H,3,12-16H2,1-2H3. The van der Waals surface area contributed by atoms with Crippen LogP contribution in [-0.2, 0) is 14.3 Å². The van der Waals surface area contributed by atoms with Crippen molar-refractivity contribution in [2.24, 2.45) is 5.92 Å². The van der Waals surface area contributed by atoms with Crippen LogP contribution >= 0.6 is 11.8 Å². The Labute approximate surface area is 191 Å². The molecule has 1 aromatic heterocycles. The van der Waals surface area contributed by atoms with E-state index in [9.17, 15) is 9.59 Å². The van der Waals surface area contributed by atoms with E-state index in [1.807, 2.05) is 60.4 Å². The van der Waals surface area contributed by atoms with E-state index in [1.165, 1.54) is 18.9 Å². The van der Waals surface area contributed by atoms with Gasteiger partial charge in [0, 0.05) is 18.8 Å². The van der Waals surface area contributed by atoms with Gasteiger partial charge in [-0.3, -0.25) is 14.2 Å². The van der Waals surface area contributed by atoms with Crippen LogP contribution in [0.3, 0.4) is 0 Å².